The molecule has 0 aliphatic heterocycles. The number of carbonyl (C=O) groups is 1. The van der Waals surface area contributed by atoms with Gasteiger partial charge in [-0.2, -0.15) is 5.10 Å². The van der Waals surface area contributed by atoms with Crippen molar-refractivity contribution < 1.29 is 9.90 Å². The molecule has 0 fully saturated rings. The number of nitrogens with one attached hydrogen (secondary N) is 2. The third-order valence-electron chi connectivity index (χ3n) is 3.65. The van der Waals surface area contributed by atoms with Crippen molar-refractivity contribution in [2.24, 2.45) is 0 Å². The van der Waals surface area contributed by atoms with Gasteiger partial charge >= 0.3 is 6.03 Å². The van der Waals surface area contributed by atoms with Gasteiger partial charge in [0.25, 0.3) is 0 Å². The van der Waals surface area contributed by atoms with Gasteiger partial charge in [0.1, 0.15) is 5.82 Å². The smallest absolute Gasteiger partial charge is 0.320 e. The minimum absolute atomic E-state index is 0.0894. The van der Waals surface area contributed by atoms with Crippen LogP contribution >= 0.6 is 0 Å². The van der Waals surface area contributed by atoms with Crippen LogP contribution < -0.4 is 10.6 Å². The molecule has 124 valence electrons. The van der Waals surface area contributed by atoms with Crippen molar-refractivity contribution in [1.82, 2.24) is 15.1 Å². The lowest BCUT2D eigenvalue weighted by molar-refractivity contribution is 0.247. The number of anilines is 1. The Labute approximate surface area is 136 Å². The molecule has 1 heterocycles. The summed E-state index contributed by atoms with van der Waals surface area (Å²) in [4.78, 5) is 12.1. The van der Waals surface area contributed by atoms with Crippen molar-refractivity contribution in [3.63, 3.8) is 0 Å². The molecule has 0 bridgehead atoms. The lowest BCUT2D eigenvalue weighted by Crippen LogP contribution is -2.33. The van der Waals surface area contributed by atoms with Crippen LogP contribution in [0.3, 0.4) is 0 Å². The maximum absolute atomic E-state index is 12.1. The maximum Gasteiger partial charge on any atom is 0.320 e. The molecule has 2 rings (SSSR count). The predicted molar refractivity (Wildman–Crippen MR) is 90.4 cm³/mol. The molecule has 0 saturated carbocycles. The van der Waals surface area contributed by atoms with Crippen molar-refractivity contribution in [2.45, 2.75) is 32.2 Å². The van der Waals surface area contributed by atoms with E-state index in [-0.39, 0.29) is 18.6 Å². The van der Waals surface area contributed by atoms with Gasteiger partial charge in [-0.15, -0.1) is 0 Å². The summed E-state index contributed by atoms with van der Waals surface area (Å²) >= 11 is 0. The third-order valence-corrected chi connectivity index (χ3v) is 3.65. The van der Waals surface area contributed by atoms with E-state index in [0.29, 0.717) is 18.8 Å². The van der Waals surface area contributed by atoms with E-state index in [1.165, 1.54) is 0 Å². The number of aromatic nitrogens is 2. The highest BCUT2D eigenvalue weighted by atomic mass is 16.3. The molecule has 1 aromatic heterocycles. The zero-order chi connectivity index (χ0) is 16.5. The first-order valence-electron chi connectivity index (χ1n) is 7.97. The second kappa shape index (κ2) is 8.95. The van der Waals surface area contributed by atoms with Crippen LogP contribution in [-0.2, 0) is 6.54 Å². The average Bonchev–Trinajstić information content (AvgIpc) is 2.99. The molecular weight excluding hydrogens is 292 g/mol. The van der Waals surface area contributed by atoms with E-state index in [0.717, 1.165) is 18.5 Å². The molecule has 0 aliphatic carbocycles. The molecule has 23 heavy (non-hydrogen) atoms. The van der Waals surface area contributed by atoms with Crippen LogP contribution in [0.4, 0.5) is 10.6 Å². The highest BCUT2D eigenvalue weighted by Crippen LogP contribution is 2.18. The molecule has 0 aliphatic rings. The summed E-state index contributed by atoms with van der Waals surface area (Å²) in [6, 6.07) is 11.4. The number of nitrogens with zero attached hydrogens (tertiary/aromatic N) is 2. The van der Waals surface area contributed by atoms with E-state index in [1.54, 1.807) is 16.9 Å². The van der Waals surface area contributed by atoms with Gasteiger partial charge in [0.2, 0.25) is 0 Å². The summed E-state index contributed by atoms with van der Waals surface area (Å²) in [5, 5.41) is 19.1. The van der Waals surface area contributed by atoms with Crippen LogP contribution in [0, 0.1) is 0 Å². The van der Waals surface area contributed by atoms with Crippen LogP contribution in [0.25, 0.3) is 0 Å². The Kier molecular flexibility index (Phi) is 6.62. The normalized spacial score (nSPS) is 11.9. The van der Waals surface area contributed by atoms with E-state index < -0.39 is 0 Å². The molecule has 2 aromatic rings. The Balaban J connectivity index is 1.90. The van der Waals surface area contributed by atoms with Gasteiger partial charge in [-0.05, 0) is 18.4 Å². The number of urea groups is 1. The van der Waals surface area contributed by atoms with Crippen LogP contribution in [0.1, 0.15) is 31.2 Å². The molecular formula is C17H24N4O2. The van der Waals surface area contributed by atoms with E-state index in [2.05, 4.69) is 22.7 Å². The van der Waals surface area contributed by atoms with Gasteiger partial charge < -0.3 is 10.4 Å². The second-order valence-electron chi connectivity index (χ2n) is 5.39. The summed E-state index contributed by atoms with van der Waals surface area (Å²) in [6.07, 6.45) is 3.23. The standard InChI is InChI=1S/C17H24N4O2/c1-2-11-21-16(8-10-19-21)20-17(23)18-13-15(9-12-22)14-6-4-3-5-7-14/h3-8,10,15,22H,2,9,11-13H2,1H3,(H2,18,20,23). The number of hydrogen-bond acceptors (Lipinski definition) is 3. The summed E-state index contributed by atoms with van der Waals surface area (Å²) in [5.41, 5.74) is 1.11. The molecule has 1 unspecified atom stereocenters. The first-order valence-corrected chi connectivity index (χ1v) is 7.97. The topological polar surface area (TPSA) is 79.2 Å². The maximum atomic E-state index is 12.1. The number of amides is 2. The molecule has 6 nitrogen and oxygen atoms in total. The van der Waals surface area contributed by atoms with Crippen LogP contribution in [-0.4, -0.2) is 34.1 Å². The highest BCUT2D eigenvalue weighted by molar-refractivity contribution is 5.88. The Morgan fingerprint density at radius 3 is 2.78 bits per heavy atom. The molecule has 6 heteroatoms. The molecule has 1 atom stereocenters. The fourth-order valence-corrected chi connectivity index (χ4v) is 2.47. The van der Waals surface area contributed by atoms with E-state index in [9.17, 15) is 9.90 Å². The number of carbonyl (C=O) groups excluding carboxylic acids is 1. The Morgan fingerprint density at radius 2 is 2.09 bits per heavy atom. The summed E-state index contributed by atoms with van der Waals surface area (Å²) in [6.45, 7) is 3.38. The first-order chi connectivity index (χ1) is 11.2. The second-order valence-corrected chi connectivity index (χ2v) is 5.39. The molecule has 1 aromatic carbocycles. The number of aryl methyl sites for hydroxylation is 1. The molecule has 3 N–H and O–H groups in total. The Hall–Kier alpha value is -2.34. The summed E-state index contributed by atoms with van der Waals surface area (Å²) in [7, 11) is 0. The van der Waals surface area contributed by atoms with Gasteiger partial charge in [0, 0.05) is 31.7 Å². The minimum atomic E-state index is -0.262. The van der Waals surface area contributed by atoms with Crippen molar-refractivity contribution in [3.8, 4) is 0 Å². The van der Waals surface area contributed by atoms with Crippen molar-refractivity contribution in [2.75, 3.05) is 18.5 Å². The molecule has 0 spiro atoms. The number of rotatable bonds is 8. The highest BCUT2D eigenvalue weighted by Gasteiger charge is 2.13. The number of aliphatic hydroxyl groups is 1. The van der Waals surface area contributed by atoms with Crippen LogP contribution in [0.2, 0.25) is 0 Å². The number of aliphatic hydroxyl groups excluding tert-OH is 1. The summed E-state index contributed by atoms with van der Waals surface area (Å²) in [5.74, 6) is 0.773. The van der Waals surface area contributed by atoms with Crippen molar-refractivity contribution in [1.29, 1.82) is 0 Å². The number of hydrogen-bond donors (Lipinski definition) is 3. The quantitative estimate of drug-likeness (QED) is 0.700. The van der Waals surface area contributed by atoms with E-state index >= 15 is 0 Å². The van der Waals surface area contributed by atoms with Gasteiger partial charge in [-0.3, -0.25) is 5.32 Å². The minimum Gasteiger partial charge on any atom is -0.396 e. The largest absolute Gasteiger partial charge is 0.396 e. The van der Waals surface area contributed by atoms with Gasteiger partial charge in [-0.1, -0.05) is 37.3 Å². The zero-order valence-electron chi connectivity index (χ0n) is 13.4. The van der Waals surface area contributed by atoms with E-state index in [4.69, 9.17) is 0 Å². The SMILES string of the molecule is CCCn1nccc1NC(=O)NCC(CCO)c1ccccc1. The average molecular weight is 316 g/mol. The van der Waals surface area contributed by atoms with Gasteiger partial charge in [0.05, 0.1) is 6.20 Å². The molecule has 2 amide bonds. The number of benzene rings is 1. The van der Waals surface area contributed by atoms with Gasteiger partial charge in [0.15, 0.2) is 0 Å². The van der Waals surface area contributed by atoms with Crippen molar-refractivity contribution >= 4 is 11.8 Å². The van der Waals surface area contributed by atoms with E-state index in [1.807, 2.05) is 30.3 Å². The molecule has 0 radical (unpaired) electrons. The lowest BCUT2D eigenvalue weighted by Gasteiger charge is -2.17. The van der Waals surface area contributed by atoms with Crippen LogP contribution in [0.15, 0.2) is 42.6 Å². The third kappa shape index (κ3) is 5.10. The predicted octanol–water partition coefficient (Wildman–Crippen LogP) is 2.58. The first kappa shape index (κ1) is 17.0. The lowest BCUT2D eigenvalue weighted by atomic mass is 9.96. The molecule has 0 saturated heterocycles. The fraction of sp³-hybridized carbons (Fsp3) is 0.412. The fourth-order valence-electron chi connectivity index (χ4n) is 2.47. The summed E-state index contributed by atoms with van der Waals surface area (Å²) < 4.78 is 1.77. The monoisotopic (exact) mass is 316 g/mol. The Morgan fingerprint density at radius 1 is 1.30 bits per heavy atom. The zero-order valence-corrected chi connectivity index (χ0v) is 13.4. The van der Waals surface area contributed by atoms with Crippen molar-refractivity contribution in [3.05, 3.63) is 48.2 Å². The van der Waals surface area contributed by atoms with Crippen LogP contribution in [0.5, 0.6) is 0 Å². The Bertz CT molecular complexity index is 598. The van der Waals surface area contributed by atoms with Gasteiger partial charge in [-0.25, -0.2) is 9.48 Å².